The Kier molecular flexibility index (Phi) is 15.8. The predicted molar refractivity (Wildman–Crippen MR) is 192 cm³/mol. The van der Waals surface area contributed by atoms with Crippen molar-refractivity contribution in [2.24, 2.45) is 17.8 Å². The Balaban J connectivity index is 1.76. The Hall–Kier alpha value is -3.84. The van der Waals surface area contributed by atoms with Crippen LogP contribution in [-0.2, 0) is 30.3 Å². The number of piperidine rings is 1. The van der Waals surface area contributed by atoms with Gasteiger partial charge in [0, 0.05) is 30.8 Å². The molecule has 0 saturated carbocycles. The summed E-state index contributed by atoms with van der Waals surface area (Å²) in [5.41, 5.74) is 1.09. The SMILES string of the molecule is CC[C@H](C)[C@H](NC(=O)[C@H]1CCCCN1C)C(=O)N[C@@H](C[C@@H](OC(C)=O)c1nc(C(=O)N[C@@H](Cc2ccccc2)C[C@H](C)C(=O)O)cs1)C(C)C. The van der Waals surface area contributed by atoms with E-state index in [0.29, 0.717) is 17.8 Å². The molecule has 7 atom stereocenters. The second kappa shape index (κ2) is 19.5. The molecule has 1 aliphatic rings. The number of nitrogens with one attached hydrogen (secondary N) is 3. The third-order valence-corrected chi connectivity index (χ3v) is 10.5. The molecule has 1 saturated heterocycles. The van der Waals surface area contributed by atoms with Crippen LogP contribution in [-0.4, -0.2) is 82.4 Å². The van der Waals surface area contributed by atoms with Crippen LogP contribution >= 0.6 is 11.3 Å². The molecule has 3 rings (SSSR count). The van der Waals surface area contributed by atoms with E-state index in [1.165, 1.54) is 18.3 Å². The molecule has 13 heteroatoms. The van der Waals surface area contributed by atoms with E-state index in [2.05, 4.69) is 20.9 Å². The number of esters is 1. The number of aromatic nitrogens is 1. The molecule has 50 heavy (non-hydrogen) atoms. The molecule has 0 spiro atoms. The van der Waals surface area contributed by atoms with Crippen molar-refractivity contribution in [3.63, 3.8) is 0 Å². The highest BCUT2D eigenvalue weighted by Gasteiger charge is 2.34. The zero-order chi connectivity index (χ0) is 37.0. The Morgan fingerprint density at radius 2 is 1.72 bits per heavy atom. The molecule has 1 aromatic carbocycles. The molecular formula is C37H55N5O7S. The third kappa shape index (κ3) is 12.2. The van der Waals surface area contributed by atoms with Crippen molar-refractivity contribution in [1.82, 2.24) is 25.8 Å². The molecule has 2 heterocycles. The highest BCUT2D eigenvalue weighted by molar-refractivity contribution is 7.09. The van der Waals surface area contributed by atoms with E-state index < -0.39 is 48.0 Å². The Labute approximate surface area is 300 Å². The highest BCUT2D eigenvalue weighted by Crippen LogP contribution is 2.29. The first kappa shape index (κ1) is 40.6. The lowest BCUT2D eigenvalue weighted by Crippen LogP contribution is -2.57. The first-order chi connectivity index (χ1) is 23.7. The number of carboxylic acids is 1. The standard InChI is InChI=1S/C37H55N5O7S/c1-8-23(4)32(41-34(45)30-16-12-13-17-42(30)7)35(46)39-28(22(2)3)20-31(49-25(6)43)36-40-29(21-50-36)33(44)38-27(18-24(5)37(47)48)19-26-14-10-9-11-15-26/h9-11,14-15,21-24,27-28,30-32H,8,12-13,16-20H2,1-7H3,(H,38,44)(H,39,46)(H,41,45)(H,47,48)/t23-,24-,27+,28-,30+,31+,32-/m0/s1. The van der Waals surface area contributed by atoms with Crippen molar-refractivity contribution in [2.75, 3.05) is 13.6 Å². The van der Waals surface area contributed by atoms with Gasteiger partial charge in [-0.25, -0.2) is 4.98 Å². The van der Waals surface area contributed by atoms with Gasteiger partial charge in [0.1, 0.15) is 16.7 Å². The fourth-order valence-electron chi connectivity index (χ4n) is 6.18. The van der Waals surface area contributed by atoms with Gasteiger partial charge in [0.15, 0.2) is 6.10 Å². The summed E-state index contributed by atoms with van der Waals surface area (Å²) < 4.78 is 5.70. The molecule has 0 radical (unpaired) electrons. The van der Waals surface area contributed by atoms with Crippen molar-refractivity contribution in [1.29, 1.82) is 0 Å². The summed E-state index contributed by atoms with van der Waals surface area (Å²) in [5.74, 6) is -3.24. The molecule has 0 unspecified atom stereocenters. The molecule has 276 valence electrons. The Morgan fingerprint density at radius 3 is 2.32 bits per heavy atom. The van der Waals surface area contributed by atoms with Crippen LogP contribution in [0.15, 0.2) is 35.7 Å². The first-order valence-corrected chi connectivity index (χ1v) is 18.6. The number of thiazole rings is 1. The van der Waals surface area contributed by atoms with Crippen molar-refractivity contribution in [2.45, 2.75) is 117 Å². The fraction of sp³-hybridized carbons (Fsp3) is 0.622. The number of likely N-dealkylation sites (tertiary alicyclic amines) is 1. The van der Waals surface area contributed by atoms with Gasteiger partial charge in [-0.2, -0.15) is 0 Å². The predicted octanol–water partition coefficient (Wildman–Crippen LogP) is 4.75. The zero-order valence-electron chi connectivity index (χ0n) is 30.4. The van der Waals surface area contributed by atoms with E-state index >= 15 is 0 Å². The molecule has 1 fully saturated rings. The van der Waals surface area contributed by atoms with Gasteiger partial charge in [-0.05, 0) is 56.7 Å². The molecule has 3 amide bonds. The second-order valence-electron chi connectivity index (χ2n) is 14.0. The largest absolute Gasteiger partial charge is 0.481 e. The average Bonchev–Trinajstić information content (AvgIpc) is 3.57. The number of benzene rings is 1. The second-order valence-corrected chi connectivity index (χ2v) is 14.9. The number of hydrogen-bond acceptors (Lipinski definition) is 9. The number of amides is 3. The zero-order valence-corrected chi connectivity index (χ0v) is 31.3. The smallest absolute Gasteiger partial charge is 0.306 e. The minimum atomic E-state index is -0.945. The summed E-state index contributed by atoms with van der Waals surface area (Å²) in [4.78, 5) is 70.9. The summed E-state index contributed by atoms with van der Waals surface area (Å²) in [6.45, 7) is 11.6. The first-order valence-electron chi connectivity index (χ1n) is 17.7. The molecule has 1 aliphatic heterocycles. The topological polar surface area (TPSA) is 167 Å². The van der Waals surface area contributed by atoms with Gasteiger partial charge in [-0.15, -0.1) is 11.3 Å². The highest BCUT2D eigenvalue weighted by atomic mass is 32.1. The minimum Gasteiger partial charge on any atom is -0.481 e. The van der Waals surface area contributed by atoms with Crippen LogP contribution in [0.2, 0.25) is 0 Å². The Morgan fingerprint density at radius 1 is 1.02 bits per heavy atom. The normalized spacial score (nSPS) is 18.6. The monoisotopic (exact) mass is 713 g/mol. The number of rotatable bonds is 18. The number of hydrogen-bond donors (Lipinski definition) is 4. The lowest BCUT2D eigenvalue weighted by molar-refractivity contribution is -0.147. The van der Waals surface area contributed by atoms with Gasteiger partial charge in [-0.1, -0.05) is 77.8 Å². The van der Waals surface area contributed by atoms with E-state index in [-0.39, 0.29) is 48.2 Å². The number of likely N-dealkylation sites (N-methyl/N-ethyl adjacent to an activating group) is 1. The number of carbonyl (C=O) groups is 5. The molecule has 0 bridgehead atoms. The number of nitrogens with zero attached hydrogens (tertiary/aromatic N) is 2. The van der Waals surface area contributed by atoms with Crippen LogP contribution in [0.5, 0.6) is 0 Å². The van der Waals surface area contributed by atoms with Gasteiger partial charge in [-0.3, -0.25) is 28.9 Å². The number of aliphatic carboxylic acids is 1. The minimum absolute atomic E-state index is 0.0625. The van der Waals surface area contributed by atoms with Crippen molar-refractivity contribution >= 4 is 41.0 Å². The maximum atomic E-state index is 13.8. The summed E-state index contributed by atoms with van der Waals surface area (Å²) in [6, 6.07) is 7.61. The van der Waals surface area contributed by atoms with E-state index in [0.717, 1.165) is 31.4 Å². The van der Waals surface area contributed by atoms with Gasteiger partial charge < -0.3 is 25.8 Å². The van der Waals surface area contributed by atoms with E-state index in [1.54, 1.807) is 12.3 Å². The van der Waals surface area contributed by atoms with Gasteiger partial charge in [0.25, 0.3) is 5.91 Å². The maximum Gasteiger partial charge on any atom is 0.306 e. The van der Waals surface area contributed by atoms with E-state index in [1.807, 2.05) is 70.0 Å². The van der Waals surface area contributed by atoms with Crippen molar-refractivity contribution in [3.05, 3.63) is 52.0 Å². The summed E-state index contributed by atoms with van der Waals surface area (Å²) >= 11 is 1.17. The van der Waals surface area contributed by atoms with Gasteiger partial charge in [0.2, 0.25) is 11.8 Å². The van der Waals surface area contributed by atoms with Gasteiger partial charge in [0.05, 0.1) is 12.0 Å². The molecule has 12 nitrogen and oxygen atoms in total. The lowest BCUT2D eigenvalue weighted by atomic mass is 9.94. The summed E-state index contributed by atoms with van der Waals surface area (Å²) in [6.07, 6.45) is 3.49. The fourth-order valence-corrected chi connectivity index (χ4v) is 7.02. The average molecular weight is 714 g/mol. The molecule has 4 N–H and O–H groups in total. The Bertz CT molecular complexity index is 1430. The van der Waals surface area contributed by atoms with Crippen LogP contribution in [0.3, 0.4) is 0 Å². The van der Waals surface area contributed by atoms with Crippen LogP contribution < -0.4 is 16.0 Å². The van der Waals surface area contributed by atoms with Crippen LogP contribution in [0.1, 0.15) is 107 Å². The molecule has 2 aromatic rings. The summed E-state index contributed by atoms with van der Waals surface area (Å²) in [7, 11) is 1.93. The van der Waals surface area contributed by atoms with E-state index in [4.69, 9.17) is 4.74 Å². The quantitative estimate of drug-likeness (QED) is 0.160. The molecule has 1 aromatic heterocycles. The molecular weight excluding hydrogens is 659 g/mol. The van der Waals surface area contributed by atoms with Crippen molar-refractivity contribution < 1.29 is 33.8 Å². The van der Waals surface area contributed by atoms with Crippen molar-refractivity contribution in [3.8, 4) is 0 Å². The maximum absolute atomic E-state index is 13.8. The summed E-state index contributed by atoms with van der Waals surface area (Å²) in [5, 5.41) is 20.6. The van der Waals surface area contributed by atoms with E-state index in [9.17, 15) is 29.1 Å². The van der Waals surface area contributed by atoms with Crippen LogP contribution in [0.25, 0.3) is 0 Å². The number of carboxylic acid groups (broad SMARTS) is 1. The number of ether oxygens (including phenoxy) is 1. The number of carbonyl (C=O) groups excluding carboxylic acids is 4. The molecule has 0 aliphatic carbocycles. The van der Waals surface area contributed by atoms with Gasteiger partial charge >= 0.3 is 11.9 Å². The van der Waals surface area contributed by atoms with Crippen LogP contribution in [0, 0.1) is 17.8 Å². The lowest BCUT2D eigenvalue weighted by Gasteiger charge is -2.34. The third-order valence-electron chi connectivity index (χ3n) is 9.52. The van der Waals surface area contributed by atoms with Crippen LogP contribution in [0.4, 0.5) is 0 Å².